The second kappa shape index (κ2) is 11.5. The van der Waals surface area contributed by atoms with E-state index in [9.17, 15) is 18.0 Å². The predicted molar refractivity (Wildman–Crippen MR) is 132 cm³/mol. The van der Waals surface area contributed by atoms with Crippen LogP contribution in [0.3, 0.4) is 0 Å². The lowest BCUT2D eigenvalue weighted by Gasteiger charge is -2.34. The number of hydrogen-bond acceptors (Lipinski definition) is 7. The topological polar surface area (TPSA) is 103 Å². The lowest BCUT2D eigenvalue weighted by Crippen LogP contribution is -2.44. The normalized spacial score (nSPS) is 14.1. The van der Waals surface area contributed by atoms with Gasteiger partial charge in [-0.1, -0.05) is 18.2 Å². The molecule has 2 N–H and O–H groups in total. The van der Waals surface area contributed by atoms with Gasteiger partial charge in [-0.15, -0.1) is 0 Å². The van der Waals surface area contributed by atoms with E-state index in [4.69, 9.17) is 15.1 Å². The highest BCUT2D eigenvalue weighted by atomic mass is 19.3. The van der Waals surface area contributed by atoms with Crippen molar-refractivity contribution in [3.05, 3.63) is 64.2 Å². The van der Waals surface area contributed by atoms with E-state index in [0.717, 1.165) is 6.07 Å². The molecule has 0 aliphatic carbocycles. The highest BCUT2D eigenvalue weighted by molar-refractivity contribution is 5.81. The van der Waals surface area contributed by atoms with Crippen molar-refractivity contribution in [1.82, 2.24) is 14.9 Å². The Morgan fingerprint density at radius 3 is 2.43 bits per heavy atom. The average Bonchev–Trinajstić information content (AvgIpc) is 2.91. The smallest absolute Gasteiger partial charge is 0.324 e. The van der Waals surface area contributed by atoms with E-state index < -0.39 is 17.9 Å². The fourth-order valence-electron chi connectivity index (χ4n) is 4.39. The minimum absolute atomic E-state index is 0.0278. The highest BCUT2D eigenvalue weighted by Gasteiger charge is 2.29. The maximum atomic E-state index is 14.6. The van der Waals surface area contributed by atoms with Crippen LogP contribution in [0.2, 0.25) is 0 Å². The number of benzene rings is 2. The standard InChI is InChI=1S/C26H26F3N5O3/c1-31-19-8-10-33(11-9-19)26-32-23(17-2-3-18(15-30)21(27)14-17)22(24(36)34(26)25(28)29)16-4-6-20(7-5-16)37-13-12-35/h2-7,14,19,25,31,35H,8-13H2,1H3. The maximum absolute atomic E-state index is 14.6. The number of rotatable bonds is 8. The molecule has 0 atom stereocenters. The average molecular weight is 514 g/mol. The molecule has 0 bridgehead atoms. The van der Waals surface area contributed by atoms with Gasteiger partial charge in [-0.25, -0.2) is 13.9 Å². The van der Waals surface area contributed by atoms with Crippen LogP contribution < -0.4 is 20.5 Å². The Kier molecular flexibility index (Phi) is 8.11. The number of aliphatic hydroxyl groups excluding tert-OH is 1. The molecule has 11 heteroatoms. The van der Waals surface area contributed by atoms with E-state index in [-0.39, 0.29) is 53.2 Å². The minimum atomic E-state index is -3.16. The van der Waals surface area contributed by atoms with E-state index in [1.54, 1.807) is 11.0 Å². The largest absolute Gasteiger partial charge is 0.491 e. The third-order valence-electron chi connectivity index (χ3n) is 6.34. The molecule has 1 aliphatic rings. The second-order valence-electron chi connectivity index (χ2n) is 8.54. The highest BCUT2D eigenvalue weighted by Crippen LogP contribution is 2.33. The minimum Gasteiger partial charge on any atom is -0.491 e. The Labute approximate surface area is 211 Å². The summed E-state index contributed by atoms with van der Waals surface area (Å²) in [6.07, 6.45) is 1.35. The van der Waals surface area contributed by atoms with Gasteiger partial charge < -0.3 is 20.1 Å². The Morgan fingerprint density at radius 1 is 1.19 bits per heavy atom. The van der Waals surface area contributed by atoms with Crippen molar-refractivity contribution in [2.24, 2.45) is 0 Å². The summed E-state index contributed by atoms with van der Waals surface area (Å²) >= 11 is 0. The van der Waals surface area contributed by atoms with Gasteiger partial charge in [-0.05, 0) is 49.7 Å². The van der Waals surface area contributed by atoms with Gasteiger partial charge >= 0.3 is 6.55 Å². The number of nitrogens with zero attached hydrogens (tertiary/aromatic N) is 4. The molecule has 1 saturated heterocycles. The molecule has 2 heterocycles. The molecule has 2 aromatic carbocycles. The van der Waals surface area contributed by atoms with E-state index in [1.165, 1.54) is 36.4 Å². The maximum Gasteiger partial charge on any atom is 0.324 e. The van der Waals surface area contributed by atoms with Crippen molar-refractivity contribution >= 4 is 5.95 Å². The molecule has 0 amide bonds. The number of ether oxygens (including phenoxy) is 1. The third kappa shape index (κ3) is 5.45. The van der Waals surface area contributed by atoms with Gasteiger partial charge in [0.25, 0.3) is 5.56 Å². The zero-order valence-electron chi connectivity index (χ0n) is 20.1. The van der Waals surface area contributed by atoms with Crippen LogP contribution in [-0.2, 0) is 0 Å². The first-order valence-electron chi connectivity index (χ1n) is 11.8. The van der Waals surface area contributed by atoms with Gasteiger partial charge in [-0.3, -0.25) is 4.79 Å². The SMILES string of the molecule is CNC1CCN(c2nc(-c3ccc(C#N)c(F)c3)c(-c3ccc(OCCO)cc3)c(=O)n2C(F)F)CC1. The number of alkyl halides is 2. The molecule has 0 saturated carbocycles. The molecule has 0 radical (unpaired) electrons. The summed E-state index contributed by atoms with van der Waals surface area (Å²) in [6.45, 7) is -2.47. The Morgan fingerprint density at radius 2 is 1.86 bits per heavy atom. The second-order valence-corrected chi connectivity index (χ2v) is 8.54. The summed E-state index contributed by atoms with van der Waals surface area (Å²) in [5, 5.41) is 21.2. The number of halogens is 3. The lowest BCUT2D eigenvalue weighted by atomic mass is 9.99. The monoisotopic (exact) mass is 513 g/mol. The lowest BCUT2D eigenvalue weighted by molar-refractivity contribution is 0.0667. The van der Waals surface area contributed by atoms with Crippen molar-refractivity contribution in [3.8, 4) is 34.2 Å². The van der Waals surface area contributed by atoms with Gasteiger partial charge in [0.2, 0.25) is 5.95 Å². The van der Waals surface area contributed by atoms with Crippen LogP contribution in [0.15, 0.2) is 47.3 Å². The van der Waals surface area contributed by atoms with Crippen LogP contribution in [0.4, 0.5) is 19.1 Å². The van der Waals surface area contributed by atoms with E-state index in [0.29, 0.717) is 36.2 Å². The summed E-state index contributed by atoms with van der Waals surface area (Å²) in [7, 11) is 1.83. The van der Waals surface area contributed by atoms with Crippen molar-refractivity contribution in [1.29, 1.82) is 5.26 Å². The van der Waals surface area contributed by atoms with Gasteiger partial charge in [0.15, 0.2) is 0 Å². The number of nitriles is 1. The molecule has 8 nitrogen and oxygen atoms in total. The zero-order valence-corrected chi connectivity index (χ0v) is 20.1. The van der Waals surface area contributed by atoms with Crippen LogP contribution in [-0.4, -0.2) is 54.1 Å². The number of aliphatic hydroxyl groups is 1. The fourth-order valence-corrected chi connectivity index (χ4v) is 4.39. The quantitative estimate of drug-likeness (QED) is 0.475. The van der Waals surface area contributed by atoms with Crippen LogP contribution in [0.25, 0.3) is 22.4 Å². The third-order valence-corrected chi connectivity index (χ3v) is 6.34. The summed E-state index contributed by atoms with van der Waals surface area (Å²) in [5.41, 5.74) is -0.807. The first-order valence-corrected chi connectivity index (χ1v) is 11.8. The van der Waals surface area contributed by atoms with Crippen LogP contribution >= 0.6 is 0 Å². The van der Waals surface area contributed by atoms with E-state index in [1.807, 2.05) is 7.05 Å². The number of anilines is 1. The van der Waals surface area contributed by atoms with E-state index in [2.05, 4.69) is 10.3 Å². The van der Waals surface area contributed by atoms with Crippen molar-refractivity contribution in [3.63, 3.8) is 0 Å². The van der Waals surface area contributed by atoms with Gasteiger partial charge in [0, 0.05) is 24.7 Å². The molecule has 1 aliphatic heterocycles. The van der Waals surface area contributed by atoms with Crippen LogP contribution in [0, 0.1) is 17.1 Å². The summed E-state index contributed by atoms with van der Waals surface area (Å²) in [5.74, 6) is -0.592. The molecule has 0 unspecified atom stereocenters. The van der Waals surface area contributed by atoms with Gasteiger partial charge in [0.1, 0.15) is 24.2 Å². The van der Waals surface area contributed by atoms with Crippen molar-refractivity contribution in [2.75, 3.05) is 38.3 Å². The van der Waals surface area contributed by atoms with Gasteiger partial charge in [0.05, 0.1) is 23.4 Å². The van der Waals surface area contributed by atoms with Crippen molar-refractivity contribution < 1.29 is 23.0 Å². The first-order chi connectivity index (χ1) is 17.9. The fraction of sp³-hybridized carbons (Fsp3) is 0.346. The molecule has 1 fully saturated rings. The molecule has 3 aromatic rings. The molecular formula is C26H26F3N5O3. The molecule has 194 valence electrons. The number of hydrogen-bond donors (Lipinski definition) is 2. The molecule has 37 heavy (non-hydrogen) atoms. The predicted octanol–water partition coefficient (Wildman–Crippen LogP) is 3.54. The Hall–Kier alpha value is -3.88. The number of piperidine rings is 1. The summed E-state index contributed by atoms with van der Waals surface area (Å²) < 4.78 is 49.0. The van der Waals surface area contributed by atoms with Crippen LogP contribution in [0.1, 0.15) is 25.0 Å². The number of nitrogens with one attached hydrogen (secondary N) is 1. The zero-order chi connectivity index (χ0) is 26.5. The van der Waals surface area contributed by atoms with E-state index >= 15 is 0 Å². The van der Waals surface area contributed by atoms with Crippen LogP contribution in [0.5, 0.6) is 5.75 Å². The van der Waals surface area contributed by atoms with Crippen molar-refractivity contribution in [2.45, 2.75) is 25.4 Å². The number of aromatic nitrogens is 2. The molecule has 1 aromatic heterocycles. The first kappa shape index (κ1) is 26.2. The molecule has 4 rings (SSSR count). The molecular weight excluding hydrogens is 487 g/mol. The summed E-state index contributed by atoms with van der Waals surface area (Å²) in [4.78, 5) is 19.8. The Balaban J connectivity index is 1.92. The Bertz CT molecular complexity index is 1350. The summed E-state index contributed by atoms with van der Waals surface area (Å²) in [6, 6.07) is 11.9. The van der Waals surface area contributed by atoms with Gasteiger partial charge in [-0.2, -0.15) is 14.0 Å². The molecule has 0 spiro atoms.